The number of rotatable bonds is 6. The van der Waals surface area contributed by atoms with E-state index < -0.39 is 23.4 Å². The Morgan fingerprint density at radius 2 is 2.18 bits per heavy atom. The van der Waals surface area contributed by atoms with Gasteiger partial charge in [0.25, 0.3) is 0 Å². The van der Waals surface area contributed by atoms with Gasteiger partial charge in [-0.15, -0.1) is 0 Å². The van der Waals surface area contributed by atoms with Crippen molar-refractivity contribution in [1.82, 2.24) is 0 Å². The molecule has 2 aliphatic rings. The highest BCUT2D eigenvalue weighted by atomic mass is 32.2. The number of carbonyl (C=O) groups is 2. The third-order valence-corrected chi connectivity index (χ3v) is 5.75. The van der Waals surface area contributed by atoms with Crippen molar-refractivity contribution in [1.29, 1.82) is 0 Å². The van der Waals surface area contributed by atoms with E-state index in [4.69, 9.17) is 15.2 Å². The Bertz CT molecular complexity index is 892. The van der Waals surface area contributed by atoms with Gasteiger partial charge in [0.15, 0.2) is 12.4 Å². The molecule has 2 N–H and O–H groups in total. The maximum absolute atomic E-state index is 12.7. The molecule has 0 fully saturated rings. The molecule has 8 nitrogen and oxygen atoms in total. The lowest BCUT2D eigenvalue weighted by Crippen LogP contribution is -2.29. The quantitative estimate of drug-likeness (QED) is 0.436. The molecule has 0 spiro atoms. The van der Waals surface area contributed by atoms with E-state index >= 15 is 0 Å². The summed E-state index contributed by atoms with van der Waals surface area (Å²) in [6, 6.07) is 7.09. The molecule has 0 saturated heterocycles. The van der Waals surface area contributed by atoms with Crippen molar-refractivity contribution in [3.05, 3.63) is 61.0 Å². The molecule has 1 aliphatic heterocycles. The summed E-state index contributed by atoms with van der Waals surface area (Å²) < 4.78 is 10.4. The van der Waals surface area contributed by atoms with Crippen molar-refractivity contribution >= 4 is 23.5 Å². The molecule has 28 heavy (non-hydrogen) atoms. The standard InChI is InChI=1S/C19H20N2O6S/c1-26-12-5-2-4-11(10-12)15-16-13(22)6-3-7-14(16)28-18(20)17(15)19(23)27-9-8-21(24)25/h2,4-5,10,15H,3,6-9,20H2,1H3/t15-/m1/s1. The van der Waals surface area contributed by atoms with Gasteiger partial charge in [0.1, 0.15) is 5.75 Å². The first kappa shape index (κ1) is 19.9. The highest BCUT2D eigenvalue weighted by Crippen LogP contribution is 2.49. The molecule has 0 radical (unpaired) electrons. The Kier molecular flexibility index (Phi) is 6.03. The maximum Gasteiger partial charge on any atom is 0.337 e. The first-order chi connectivity index (χ1) is 13.4. The van der Waals surface area contributed by atoms with Crippen molar-refractivity contribution < 1.29 is 24.0 Å². The van der Waals surface area contributed by atoms with Gasteiger partial charge in [-0.1, -0.05) is 23.9 Å². The summed E-state index contributed by atoms with van der Waals surface area (Å²) in [5.74, 6) is -0.864. The zero-order valence-corrected chi connectivity index (χ0v) is 16.1. The van der Waals surface area contributed by atoms with E-state index in [1.54, 1.807) is 24.3 Å². The van der Waals surface area contributed by atoms with Crippen LogP contribution in [-0.4, -0.2) is 36.9 Å². The predicted octanol–water partition coefficient (Wildman–Crippen LogP) is 2.52. The van der Waals surface area contributed by atoms with Gasteiger partial charge >= 0.3 is 5.97 Å². The smallest absolute Gasteiger partial charge is 0.337 e. The zero-order valence-electron chi connectivity index (χ0n) is 15.3. The minimum Gasteiger partial charge on any atom is -0.497 e. The zero-order chi connectivity index (χ0) is 20.3. The summed E-state index contributed by atoms with van der Waals surface area (Å²) in [4.78, 5) is 36.3. The van der Waals surface area contributed by atoms with E-state index in [0.29, 0.717) is 23.3 Å². The number of ether oxygens (including phenoxy) is 2. The van der Waals surface area contributed by atoms with Crippen LogP contribution < -0.4 is 10.5 Å². The fraction of sp³-hybridized carbons (Fsp3) is 0.368. The van der Waals surface area contributed by atoms with Crippen LogP contribution in [-0.2, 0) is 14.3 Å². The number of Topliss-reactive ketones (excluding diaryl/α,β-unsaturated/α-hetero) is 1. The number of thioether (sulfide) groups is 1. The van der Waals surface area contributed by atoms with Gasteiger partial charge in [0.05, 0.1) is 17.7 Å². The average molecular weight is 404 g/mol. The fourth-order valence-electron chi connectivity index (χ4n) is 3.40. The molecule has 1 aromatic rings. The van der Waals surface area contributed by atoms with Gasteiger partial charge in [-0.2, -0.15) is 0 Å². The lowest BCUT2D eigenvalue weighted by atomic mass is 9.79. The number of carbonyl (C=O) groups excluding carboxylic acids is 2. The second-order valence-electron chi connectivity index (χ2n) is 6.40. The fourth-order valence-corrected chi connectivity index (χ4v) is 4.56. The molecule has 1 aromatic carbocycles. The van der Waals surface area contributed by atoms with Crippen LogP contribution in [0.4, 0.5) is 0 Å². The molecule has 0 unspecified atom stereocenters. The van der Waals surface area contributed by atoms with Crippen LogP contribution in [0.3, 0.4) is 0 Å². The maximum atomic E-state index is 12.7. The third-order valence-electron chi connectivity index (χ3n) is 4.64. The largest absolute Gasteiger partial charge is 0.497 e. The molecule has 0 bridgehead atoms. The van der Waals surface area contributed by atoms with E-state index in [2.05, 4.69) is 0 Å². The summed E-state index contributed by atoms with van der Waals surface area (Å²) in [7, 11) is 1.53. The number of hydrogen-bond donors (Lipinski definition) is 1. The molecule has 1 heterocycles. The molecular formula is C19H20N2O6S. The van der Waals surface area contributed by atoms with Crippen LogP contribution in [0.15, 0.2) is 45.3 Å². The molecular weight excluding hydrogens is 384 g/mol. The molecule has 3 rings (SSSR count). The average Bonchev–Trinajstić information content (AvgIpc) is 2.66. The Hall–Kier alpha value is -2.81. The molecule has 1 atom stereocenters. The normalized spacial score (nSPS) is 19.3. The van der Waals surface area contributed by atoms with Crippen LogP contribution in [0, 0.1) is 10.1 Å². The first-order valence-electron chi connectivity index (χ1n) is 8.79. The minimum atomic E-state index is -0.746. The van der Waals surface area contributed by atoms with Crippen molar-refractivity contribution in [2.75, 3.05) is 20.3 Å². The number of nitrogens with zero attached hydrogens (tertiary/aromatic N) is 1. The SMILES string of the molecule is COc1cccc([C@H]2C(C(=O)OCC[N+](=O)[O-])=C(N)SC3=C2C(=O)CCC3)c1. The Morgan fingerprint density at radius 1 is 1.39 bits per heavy atom. The van der Waals surface area contributed by atoms with Gasteiger partial charge < -0.3 is 15.2 Å². The number of allylic oxidation sites excluding steroid dienone is 2. The van der Waals surface area contributed by atoms with Crippen molar-refractivity contribution in [3.63, 3.8) is 0 Å². The van der Waals surface area contributed by atoms with E-state index in [-0.39, 0.29) is 23.0 Å². The van der Waals surface area contributed by atoms with Crippen molar-refractivity contribution in [3.8, 4) is 5.75 Å². The predicted molar refractivity (Wildman–Crippen MR) is 103 cm³/mol. The third kappa shape index (κ3) is 4.04. The summed E-state index contributed by atoms with van der Waals surface area (Å²) >= 11 is 1.21. The second-order valence-corrected chi connectivity index (χ2v) is 7.53. The number of ketones is 1. The molecule has 1 aliphatic carbocycles. The van der Waals surface area contributed by atoms with Crippen molar-refractivity contribution in [2.45, 2.75) is 25.2 Å². The lowest BCUT2D eigenvalue weighted by molar-refractivity contribution is -0.482. The van der Waals surface area contributed by atoms with Crippen LogP contribution in [0.5, 0.6) is 5.75 Å². The minimum absolute atomic E-state index is 0.0235. The highest BCUT2D eigenvalue weighted by Gasteiger charge is 2.40. The Labute approximate surface area is 165 Å². The summed E-state index contributed by atoms with van der Waals surface area (Å²) in [5, 5.41) is 10.8. The van der Waals surface area contributed by atoms with Gasteiger partial charge in [-0.05, 0) is 35.4 Å². The second kappa shape index (κ2) is 8.47. The summed E-state index contributed by atoms with van der Waals surface area (Å²) in [5.41, 5.74) is 7.58. The van der Waals surface area contributed by atoms with Crippen LogP contribution in [0.25, 0.3) is 0 Å². The lowest BCUT2D eigenvalue weighted by Gasteiger charge is -2.32. The topological polar surface area (TPSA) is 122 Å². The molecule has 0 amide bonds. The monoisotopic (exact) mass is 404 g/mol. The number of nitrogens with two attached hydrogens (primary N) is 1. The van der Waals surface area contributed by atoms with Gasteiger partial charge in [-0.25, -0.2) is 4.79 Å². The Morgan fingerprint density at radius 3 is 2.89 bits per heavy atom. The van der Waals surface area contributed by atoms with E-state index in [0.717, 1.165) is 17.7 Å². The van der Waals surface area contributed by atoms with Gasteiger partial charge in [0, 0.05) is 22.8 Å². The van der Waals surface area contributed by atoms with Crippen LogP contribution >= 0.6 is 11.8 Å². The van der Waals surface area contributed by atoms with Crippen LogP contribution in [0.2, 0.25) is 0 Å². The van der Waals surface area contributed by atoms with Crippen molar-refractivity contribution in [2.24, 2.45) is 5.73 Å². The number of methoxy groups -OCH3 is 1. The highest BCUT2D eigenvalue weighted by molar-refractivity contribution is 8.06. The summed E-state index contributed by atoms with van der Waals surface area (Å²) in [6.45, 7) is -0.860. The molecule has 0 aromatic heterocycles. The van der Waals surface area contributed by atoms with E-state index in [1.807, 2.05) is 0 Å². The number of hydrogen-bond acceptors (Lipinski definition) is 8. The Balaban J connectivity index is 2.03. The molecule has 148 valence electrons. The molecule has 9 heteroatoms. The number of benzene rings is 1. The number of nitro groups is 1. The number of esters is 1. The van der Waals surface area contributed by atoms with Crippen LogP contribution in [0.1, 0.15) is 30.7 Å². The first-order valence-corrected chi connectivity index (χ1v) is 9.60. The van der Waals surface area contributed by atoms with E-state index in [9.17, 15) is 19.7 Å². The van der Waals surface area contributed by atoms with Gasteiger partial charge in [0.2, 0.25) is 6.54 Å². The summed E-state index contributed by atoms with van der Waals surface area (Å²) in [6.07, 6.45) is 1.87. The molecule has 0 saturated carbocycles. The van der Waals surface area contributed by atoms with E-state index in [1.165, 1.54) is 18.9 Å². The van der Waals surface area contributed by atoms with Gasteiger partial charge in [-0.3, -0.25) is 14.9 Å².